The molecule has 2 aromatic carbocycles. The Morgan fingerprint density at radius 2 is 1.95 bits per heavy atom. The van der Waals surface area contributed by atoms with Gasteiger partial charge in [-0.15, -0.1) is 0 Å². The van der Waals surface area contributed by atoms with E-state index in [-0.39, 0.29) is 11.5 Å². The molecule has 1 N–H and O–H groups in total. The highest BCUT2D eigenvalue weighted by Gasteiger charge is 2.30. The third-order valence-electron chi connectivity index (χ3n) is 3.63. The normalized spacial score (nSPS) is 13.7. The van der Waals surface area contributed by atoms with Crippen LogP contribution in [-0.4, -0.2) is 25.1 Å². The second kappa shape index (κ2) is 4.16. The van der Waals surface area contributed by atoms with Crippen LogP contribution in [0.3, 0.4) is 0 Å². The van der Waals surface area contributed by atoms with Gasteiger partial charge in [0.2, 0.25) is 0 Å². The van der Waals surface area contributed by atoms with E-state index >= 15 is 0 Å². The number of hydrogen-bond donors (Lipinski definition) is 1. The van der Waals surface area contributed by atoms with Crippen LogP contribution in [0.1, 0.15) is 22.3 Å². The first-order valence-electron chi connectivity index (χ1n) is 6.10. The van der Waals surface area contributed by atoms with Crippen molar-refractivity contribution in [2.45, 2.75) is 12.8 Å². The maximum Gasteiger partial charge on any atom is 0.167 e. The van der Waals surface area contributed by atoms with Gasteiger partial charge < -0.3 is 14.6 Å². The van der Waals surface area contributed by atoms with Gasteiger partial charge in [0.1, 0.15) is 17.2 Å². The number of phenols is 1. The van der Waals surface area contributed by atoms with Crippen LogP contribution in [0.25, 0.3) is 10.8 Å². The van der Waals surface area contributed by atoms with Crippen molar-refractivity contribution in [3.8, 4) is 17.2 Å². The highest BCUT2D eigenvalue weighted by molar-refractivity contribution is 6.12. The molecular formula is C15H14O4. The highest BCUT2D eigenvalue weighted by Crippen LogP contribution is 2.47. The van der Waals surface area contributed by atoms with Crippen LogP contribution in [0, 0.1) is 0 Å². The van der Waals surface area contributed by atoms with Gasteiger partial charge in [0.15, 0.2) is 5.78 Å². The van der Waals surface area contributed by atoms with Crippen molar-refractivity contribution in [3.63, 3.8) is 0 Å². The Bertz CT molecular complexity index is 688. The summed E-state index contributed by atoms with van der Waals surface area (Å²) in [6.07, 6.45) is 1.02. The molecule has 0 heterocycles. The van der Waals surface area contributed by atoms with Crippen molar-refractivity contribution in [1.29, 1.82) is 0 Å². The molecule has 2 aromatic rings. The summed E-state index contributed by atoms with van der Waals surface area (Å²) in [6.45, 7) is 0. The molecule has 0 bridgehead atoms. The van der Waals surface area contributed by atoms with Crippen LogP contribution in [0.15, 0.2) is 18.2 Å². The molecule has 0 spiro atoms. The van der Waals surface area contributed by atoms with Crippen molar-refractivity contribution in [3.05, 3.63) is 29.3 Å². The molecule has 0 saturated heterocycles. The molecule has 0 saturated carbocycles. The Hall–Kier alpha value is -2.23. The maximum atomic E-state index is 11.9. The van der Waals surface area contributed by atoms with Gasteiger partial charge in [-0.25, -0.2) is 0 Å². The molecule has 19 heavy (non-hydrogen) atoms. The smallest absolute Gasteiger partial charge is 0.167 e. The summed E-state index contributed by atoms with van der Waals surface area (Å²) in [6, 6.07) is 5.46. The minimum absolute atomic E-state index is 0.00532. The first-order valence-corrected chi connectivity index (χ1v) is 6.10. The molecule has 0 radical (unpaired) electrons. The Labute approximate surface area is 110 Å². The summed E-state index contributed by atoms with van der Waals surface area (Å²) in [4.78, 5) is 11.9. The lowest BCUT2D eigenvalue weighted by Gasteiger charge is -2.15. The zero-order valence-corrected chi connectivity index (χ0v) is 10.8. The maximum absolute atomic E-state index is 11.9. The first-order chi connectivity index (χ1) is 9.19. The summed E-state index contributed by atoms with van der Waals surface area (Å²) in [5.41, 5.74) is 1.18. The van der Waals surface area contributed by atoms with Gasteiger partial charge >= 0.3 is 0 Å². The van der Waals surface area contributed by atoms with E-state index in [1.165, 1.54) is 7.11 Å². The third-order valence-corrected chi connectivity index (χ3v) is 3.63. The van der Waals surface area contributed by atoms with E-state index in [9.17, 15) is 9.90 Å². The number of ether oxygens (including phenoxy) is 2. The number of aromatic hydroxyl groups is 1. The second-order valence-corrected chi connectivity index (χ2v) is 4.54. The minimum Gasteiger partial charge on any atom is -0.506 e. The fraction of sp³-hybridized carbons (Fsp3) is 0.267. The summed E-state index contributed by atoms with van der Waals surface area (Å²) >= 11 is 0. The van der Waals surface area contributed by atoms with Crippen LogP contribution in [0.4, 0.5) is 0 Å². The standard InChI is InChI=1S/C15H14O4/c1-18-11-5-3-4-8-13(11)14(17)12-9(15(8)19-2)6-7-10(12)16/h3-5,17H,6-7H2,1-2H3. The summed E-state index contributed by atoms with van der Waals surface area (Å²) in [5.74, 6) is 1.16. The van der Waals surface area contributed by atoms with Crippen molar-refractivity contribution < 1.29 is 19.4 Å². The minimum atomic E-state index is -0.0430. The van der Waals surface area contributed by atoms with Gasteiger partial charge in [-0.2, -0.15) is 0 Å². The molecule has 0 atom stereocenters. The predicted octanol–water partition coefficient (Wildman–Crippen LogP) is 2.69. The van der Waals surface area contributed by atoms with Gasteiger partial charge in [-0.1, -0.05) is 12.1 Å². The largest absolute Gasteiger partial charge is 0.506 e. The Kier molecular flexibility index (Phi) is 2.59. The van der Waals surface area contributed by atoms with Crippen molar-refractivity contribution in [1.82, 2.24) is 0 Å². The number of hydrogen-bond acceptors (Lipinski definition) is 4. The number of methoxy groups -OCH3 is 2. The number of ketones is 1. The topological polar surface area (TPSA) is 55.8 Å². The van der Waals surface area contributed by atoms with Crippen molar-refractivity contribution >= 4 is 16.6 Å². The van der Waals surface area contributed by atoms with E-state index in [1.54, 1.807) is 13.2 Å². The van der Waals surface area contributed by atoms with Crippen molar-refractivity contribution in [2.75, 3.05) is 14.2 Å². The molecule has 0 amide bonds. The lowest BCUT2D eigenvalue weighted by atomic mass is 9.98. The number of fused-ring (bicyclic) bond motifs is 2. The number of Topliss-reactive ketones (excluding diaryl/α,β-unsaturated/α-hetero) is 1. The van der Waals surface area contributed by atoms with Crippen LogP contribution < -0.4 is 9.47 Å². The lowest BCUT2D eigenvalue weighted by Crippen LogP contribution is -1.98. The summed E-state index contributed by atoms with van der Waals surface area (Å²) in [5, 5.41) is 11.7. The molecule has 98 valence electrons. The van der Waals surface area contributed by atoms with Crippen LogP contribution in [0.2, 0.25) is 0 Å². The second-order valence-electron chi connectivity index (χ2n) is 4.54. The molecule has 4 nitrogen and oxygen atoms in total. The fourth-order valence-corrected chi connectivity index (χ4v) is 2.81. The predicted molar refractivity (Wildman–Crippen MR) is 71.4 cm³/mol. The van der Waals surface area contributed by atoms with Crippen molar-refractivity contribution in [2.24, 2.45) is 0 Å². The average molecular weight is 258 g/mol. The SMILES string of the molecule is COc1c2c(c(O)c3c(OC)cccc13)C(=O)CC2. The number of benzene rings is 2. The Morgan fingerprint density at radius 3 is 2.63 bits per heavy atom. The van der Waals surface area contributed by atoms with E-state index in [0.29, 0.717) is 35.3 Å². The summed E-state index contributed by atoms with van der Waals surface area (Å²) in [7, 11) is 3.12. The molecule has 3 rings (SSSR count). The van der Waals surface area contributed by atoms with E-state index in [1.807, 2.05) is 12.1 Å². The Balaban J connectivity index is 2.52. The number of carbonyl (C=O) groups excluding carboxylic acids is 1. The monoisotopic (exact) mass is 258 g/mol. The number of rotatable bonds is 2. The van der Waals surface area contributed by atoms with E-state index in [2.05, 4.69) is 0 Å². The quantitative estimate of drug-likeness (QED) is 0.899. The molecular weight excluding hydrogens is 244 g/mol. The zero-order valence-electron chi connectivity index (χ0n) is 10.8. The van der Waals surface area contributed by atoms with E-state index < -0.39 is 0 Å². The first kappa shape index (κ1) is 11.8. The number of carbonyl (C=O) groups is 1. The molecule has 0 fully saturated rings. The molecule has 0 aromatic heterocycles. The van der Waals surface area contributed by atoms with Crippen LogP contribution in [0.5, 0.6) is 17.2 Å². The molecule has 1 aliphatic rings. The summed E-state index contributed by atoms with van der Waals surface area (Å²) < 4.78 is 10.7. The molecule has 0 unspecified atom stereocenters. The number of phenolic OH excluding ortho intramolecular Hbond substituents is 1. The van der Waals surface area contributed by atoms with E-state index in [4.69, 9.17) is 9.47 Å². The van der Waals surface area contributed by atoms with Crippen LogP contribution >= 0.6 is 0 Å². The molecule has 1 aliphatic carbocycles. The molecule has 0 aliphatic heterocycles. The van der Waals surface area contributed by atoms with Gasteiger partial charge in [-0.3, -0.25) is 4.79 Å². The van der Waals surface area contributed by atoms with Gasteiger partial charge in [0, 0.05) is 17.4 Å². The van der Waals surface area contributed by atoms with E-state index in [0.717, 1.165) is 10.9 Å². The molecule has 4 heteroatoms. The van der Waals surface area contributed by atoms with Gasteiger partial charge in [-0.05, 0) is 12.5 Å². The van der Waals surface area contributed by atoms with Gasteiger partial charge in [0.25, 0.3) is 0 Å². The van der Waals surface area contributed by atoms with Gasteiger partial charge in [0.05, 0.1) is 25.2 Å². The average Bonchev–Trinajstić information content (AvgIpc) is 2.81. The highest BCUT2D eigenvalue weighted by atomic mass is 16.5. The lowest BCUT2D eigenvalue weighted by molar-refractivity contribution is 0.0992. The third kappa shape index (κ3) is 1.49. The van der Waals surface area contributed by atoms with Crippen LogP contribution in [-0.2, 0) is 6.42 Å². The zero-order chi connectivity index (χ0) is 13.6. The Morgan fingerprint density at radius 1 is 1.16 bits per heavy atom. The fourth-order valence-electron chi connectivity index (χ4n) is 2.81.